The Morgan fingerprint density at radius 3 is 1.37 bits per heavy atom. The molecule has 0 aromatic rings. The topological polar surface area (TPSA) is 108 Å². The molecule has 3 atom stereocenters. The van der Waals surface area contributed by atoms with E-state index in [-0.39, 0.29) is 19.1 Å². The Morgan fingerprint density at radius 2 is 0.938 bits per heavy atom. The number of hydrogen-bond donors (Lipinski definition) is 2. The van der Waals surface area contributed by atoms with Crippen LogP contribution in [0.3, 0.4) is 0 Å². The van der Waals surface area contributed by atoms with Crippen molar-refractivity contribution in [2.24, 2.45) is 0 Å². The molecule has 0 fully saturated rings. The molecule has 0 aromatic carbocycles. The molecule has 380 valence electrons. The van der Waals surface area contributed by atoms with Crippen molar-refractivity contribution in [3.05, 3.63) is 60.8 Å². The molecule has 9 heteroatoms. The van der Waals surface area contributed by atoms with Crippen molar-refractivity contribution in [1.29, 1.82) is 0 Å². The van der Waals surface area contributed by atoms with Crippen LogP contribution in [0.15, 0.2) is 60.8 Å². The van der Waals surface area contributed by atoms with Crippen LogP contribution in [0.5, 0.6) is 0 Å². The number of allylic oxidation sites excluding steroid dienone is 10. The maximum atomic E-state index is 13.0. The fourth-order valence-electron chi connectivity index (χ4n) is 7.77. The summed E-state index contributed by atoms with van der Waals surface area (Å²) in [7, 11) is 1.30. The number of quaternary nitrogens is 1. The Hall–Kier alpha value is -1.80. The molecule has 0 saturated carbocycles. The van der Waals surface area contributed by atoms with Gasteiger partial charge < -0.3 is 28.8 Å². The lowest BCUT2D eigenvalue weighted by Crippen LogP contribution is -2.46. The number of aliphatic hydroxyl groups is 1. The van der Waals surface area contributed by atoms with Gasteiger partial charge in [0.25, 0.3) is 7.82 Å². The first-order chi connectivity index (χ1) is 31.5. The molecule has 1 amide bonds. The maximum Gasteiger partial charge on any atom is 0.268 e. The maximum absolute atomic E-state index is 13.0. The van der Waals surface area contributed by atoms with E-state index in [2.05, 4.69) is 79.9 Å². The Labute approximate surface area is 402 Å². The summed E-state index contributed by atoms with van der Waals surface area (Å²) in [5.74, 6) is -0.169. The average Bonchev–Trinajstić information content (AvgIpc) is 3.26. The van der Waals surface area contributed by atoms with Crippen molar-refractivity contribution in [2.45, 2.75) is 251 Å². The minimum absolute atomic E-state index is 0.00995. The smallest absolute Gasteiger partial charge is 0.268 e. The molecule has 0 aliphatic rings. The van der Waals surface area contributed by atoms with E-state index in [9.17, 15) is 19.4 Å². The molecule has 0 saturated heterocycles. The highest BCUT2D eigenvalue weighted by Crippen LogP contribution is 2.38. The van der Waals surface area contributed by atoms with Gasteiger partial charge in [0.2, 0.25) is 5.91 Å². The number of aliphatic hydroxyl groups excluding tert-OH is 1. The largest absolute Gasteiger partial charge is 0.756 e. The summed E-state index contributed by atoms with van der Waals surface area (Å²) in [4.78, 5) is 25.5. The van der Waals surface area contributed by atoms with Gasteiger partial charge in [0.15, 0.2) is 0 Å². The first-order valence-corrected chi connectivity index (χ1v) is 28.6. The molecule has 0 aliphatic carbocycles. The zero-order valence-corrected chi connectivity index (χ0v) is 44.1. The second-order valence-corrected chi connectivity index (χ2v) is 21.0. The normalized spacial score (nSPS) is 14.5. The molecule has 65 heavy (non-hydrogen) atoms. The fourth-order valence-corrected chi connectivity index (χ4v) is 8.50. The van der Waals surface area contributed by atoms with Crippen molar-refractivity contribution < 1.29 is 32.9 Å². The highest BCUT2D eigenvalue weighted by molar-refractivity contribution is 7.45. The van der Waals surface area contributed by atoms with Gasteiger partial charge in [-0.3, -0.25) is 9.36 Å². The zero-order valence-electron chi connectivity index (χ0n) is 43.2. The van der Waals surface area contributed by atoms with Gasteiger partial charge in [0.05, 0.1) is 39.9 Å². The van der Waals surface area contributed by atoms with Crippen molar-refractivity contribution in [1.82, 2.24) is 5.32 Å². The number of amides is 1. The molecule has 0 aromatic heterocycles. The van der Waals surface area contributed by atoms with Crippen LogP contribution in [0.25, 0.3) is 0 Å². The number of unbranched alkanes of at least 4 members (excludes halogenated alkanes) is 26. The number of nitrogens with zero attached hydrogens (tertiary/aromatic N) is 1. The van der Waals surface area contributed by atoms with E-state index in [1.807, 2.05) is 21.1 Å². The second-order valence-electron chi connectivity index (χ2n) is 19.6. The van der Waals surface area contributed by atoms with E-state index in [1.54, 1.807) is 0 Å². The number of likely N-dealkylation sites (N-methyl/N-ethyl adjacent to an activating group) is 1. The van der Waals surface area contributed by atoms with Gasteiger partial charge in [-0.05, 0) is 57.8 Å². The lowest BCUT2D eigenvalue weighted by Gasteiger charge is -2.30. The molecule has 0 radical (unpaired) electrons. The Balaban J connectivity index is 4.19. The SMILES string of the molecule is CC/C=C\C/C=C\C/C=C\C/C=C\C/C=C\CCCCCCCCCCCCCC(=O)NC(COP(=O)([O-])OCC[N+](C)(C)C)C(O)CCCCCCCCCCCCCCCCCC. The third-order valence-corrected chi connectivity index (χ3v) is 13.0. The lowest BCUT2D eigenvalue weighted by molar-refractivity contribution is -0.870. The molecule has 0 bridgehead atoms. The number of phosphoric acid groups is 1. The van der Waals surface area contributed by atoms with Gasteiger partial charge in [-0.15, -0.1) is 0 Å². The minimum atomic E-state index is -4.57. The molecular formula is C56H105N2O6P. The summed E-state index contributed by atoms with van der Waals surface area (Å²) >= 11 is 0. The van der Waals surface area contributed by atoms with Crippen LogP contribution < -0.4 is 10.2 Å². The summed E-state index contributed by atoms with van der Waals surface area (Å²) in [6.07, 6.45) is 62.3. The van der Waals surface area contributed by atoms with Crippen LogP contribution in [-0.4, -0.2) is 68.5 Å². The third-order valence-electron chi connectivity index (χ3n) is 12.0. The number of phosphoric ester groups is 1. The van der Waals surface area contributed by atoms with Gasteiger partial charge in [0.1, 0.15) is 13.2 Å². The van der Waals surface area contributed by atoms with Crippen LogP contribution in [0.2, 0.25) is 0 Å². The molecular weight excluding hydrogens is 828 g/mol. The Kier molecular flexibility index (Phi) is 46.0. The molecule has 3 unspecified atom stereocenters. The van der Waals surface area contributed by atoms with Crippen LogP contribution >= 0.6 is 7.82 Å². The summed E-state index contributed by atoms with van der Waals surface area (Å²) in [5.41, 5.74) is 0. The Bertz CT molecular complexity index is 1240. The number of carbonyl (C=O) groups excluding carboxylic acids is 1. The standard InChI is InChI=1S/C56H105N2O6P/c1-6-8-10-12-14-16-18-20-22-24-25-26-27-28-29-30-31-32-33-34-36-38-40-42-44-46-48-50-56(60)57-54(53-64-65(61,62)63-52-51-58(3,4)5)55(59)49-47-45-43-41-39-37-35-23-21-19-17-15-13-11-9-7-2/h8,10,14,16,20,22,25-26,28-29,54-55,59H,6-7,9,11-13,15,17-19,21,23-24,27,30-53H2,1-5H3,(H-,57,60,61,62)/b10-8-,16-14-,22-20-,26-25-,29-28-. The fraction of sp³-hybridized carbons (Fsp3) is 0.804. The van der Waals surface area contributed by atoms with E-state index in [0.29, 0.717) is 23.9 Å². The van der Waals surface area contributed by atoms with Crippen LogP contribution in [0.4, 0.5) is 0 Å². The van der Waals surface area contributed by atoms with E-state index >= 15 is 0 Å². The summed E-state index contributed by atoms with van der Waals surface area (Å²) in [6, 6.07) is -0.804. The molecule has 0 rings (SSSR count). The molecule has 8 nitrogen and oxygen atoms in total. The highest BCUT2D eigenvalue weighted by atomic mass is 31.2. The lowest BCUT2D eigenvalue weighted by atomic mass is 10.0. The van der Waals surface area contributed by atoms with E-state index in [1.165, 1.54) is 141 Å². The summed E-state index contributed by atoms with van der Waals surface area (Å²) in [5, 5.41) is 14.0. The van der Waals surface area contributed by atoms with Crippen molar-refractivity contribution in [3.8, 4) is 0 Å². The first-order valence-electron chi connectivity index (χ1n) is 27.1. The van der Waals surface area contributed by atoms with E-state index in [4.69, 9.17) is 9.05 Å². The van der Waals surface area contributed by atoms with Crippen LogP contribution in [-0.2, 0) is 18.4 Å². The highest BCUT2D eigenvalue weighted by Gasteiger charge is 2.24. The van der Waals surface area contributed by atoms with E-state index < -0.39 is 20.0 Å². The molecule has 2 N–H and O–H groups in total. The molecule has 0 aliphatic heterocycles. The Morgan fingerprint density at radius 1 is 0.554 bits per heavy atom. The van der Waals surface area contributed by atoms with Crippen molar-refractivity contribution in [3.63, 3.8) is 0 Å². The van der Waals surface area contributed by atoms with Gasteiger partial charge in [0, 0.05) is 6.42 Å². The monoisotopic (exact) mass is 933 g/mol. The van der Waals surface area contributed by atoms with Gasteiger partial charge in [-0.1, -0.05) is 235 Å². The van der Waals surface area contributed by atoms with Gasteiger partial charge in [-0.25, -0.2) is 0 Å². The zero-order chi connectivity index (χ0) is 47.8. The third kappa shape index (κ3) is 49.9. The summed E-state index contributed by atoms with van der Waals surface area (Å²) in [6.45, 7) is 4.62. The van der Waals surface area contributed by atoms with Crippen LogP contribution in [0.1, 0.15) is 239 Å². The number of hydrogen-bond acceptors (Lipinski definition) is 6. The summed E-state index contributed by atoms with van der Waals surface area (Å²) < 4.78 is 23.4. The predicted octanol–water partition coefficient (Wildman–Crippen LogP) is 15.5. The predicted molar refractivity (Wildman–Crippen MR) is 279 cm³/mol. The van der Waals surface area contributed by atoms with Gasteiger partial charge >= 0.3 is 0 Å². The number of rotatable bonds is 49. The minimum Gasteiger partial charge on any atom is -0.756 e. The van der Waals surface area contributed by atoms with Crippen molar-refractivity contribution in [2.75, 3.05) is 40.9 Å². The first kappa shape index (κ1) is 63.2. The molecule has 0 spiro atoms. The second kappa shape index (κ2) is 47.3. The average molecular weight is 933 g/mol. The number of carbonyl (C=O) groups is 1. The molecule has 0 heterocycles. The number of nitrogens with one attached hydrogen (secondary N) is 1. The van der Waals surface area contributed by atoms with Crippen molar-refractivity contribution >= 4 is 13.7 Å². The van der Waals surface area contributed by atoms with Gasteiger partial charge in [-0.2, -0.15) is 0 Å². The quantitative estimate of drug-likeness (QED) is 0.0272. The van der Waals surface area contributed by atoms with Crippen LogP contribution in [0, 0.1) is 0 Å². The van der Waals surface area contributed by atoms with E-state index in [0.717, 1.165) is 70.6 Å².